The molecule has 1 aliphatic heterocycles. The number of aromatic nitrogens is 4. The van der Waals surface area contributed by atoms with Gasteiger partial charge in [0.2, 0.25) is 5.91 Å². The van der Waals surface area contributed by atoms with Crippen molar-refractivity contribution in [1.29, 1.82) is 0 Å². The number of rotatable bonds is 6. The van der Waals surface area contributed by atoms with Gasteiger partial charge in [-0.3, -0.25) is 9.69 Å². The lowest BCUT2D eigenvalue weighted by molar-refractivity contribution is -0.132. The van der Waals surface area contributed by atoms with E-state index in [9.17, 15) is 13.2 Å². The molecular formula is C16H22N6O3S. The Hall–Kier alpha value is -2.33. The Balaban J connectivity index is 1.48. The van der Waals surface area contributed by atoms with Crippen LogP contribution in [0, 0.1) is 0 Å². The Morgan fingerprint density at radius 1 is 1.12 bits per heavy atom. The van der Waals surface area contributed by atoms with E-state index in [0.29, 0.717) is 39.1 Å². The van der Waals surface area contributed by atoms with E-state index in [0.717, 1.165) is 11.3 Å². The number of carbonyl (C=O) groups is 1. The monoisotopic (exact) mass is 378 g/mol. The van der Waals surface area contributed by atoms with Crippen molar-refractivity contribution in [3.63, 3.8) is 0 Å². The van der Waals surface area contributed by atoms with Crippen LogP contribution in [0.4, 0.5) is 0 Å². The summed E-state index contributed by atoms with van der Waals surface area (Å²) in [4.78, 5) is 16.4. The molecule has 3 rings (SSSR count). The van der Waals surface area contributed by atoms with Gasteiger partial charge in [0.15, 0.2) is 0 Å². The number of tetrazole rings is 1. The van der Waals surface area contributed by atoms with Crippen LogP contribution in [-0.4, -0.2) is 89.1 Å². The van der Waals surface area contributed by atoms with Crippen LogP contribution in [0.15, 0.2) is 30.6 Å². The Morgan fingerprint density at radius 2 is 1.81 bits per heavy atom. The topological polar surface area (TPSA) is 101 Å². The number of hydrogen-bond acceptors (Lipinski definition) is 7. The zero-order valence-corrected chi connectivity index (χ0v) is 15.5. The largest absolute Gasteiger partial charge is 0.340 e. The summed E-state index contributed by atoms with van der Waals surface area (Å²) in [6.45, 7) is 3.20. The van der Waals surface area contributed by atoms with Crippen LogP contribution in [-0.2, 0) is 21.1 Å². The molecule has 1 saturated heterocycles. The van der Waals surface area contributed by atoms with Crippen LogP contribution in [0.3, 0.4) is 0 Å². The standard InChI is InChI=1S/C16H22N6O3S/c1-26(24,25)11-10-20-6-8-21(9-7-20)16(23)12-14-2-4-15(5-3-14)22-13-17-18-19-22/h2-5,13H,6-12H2,1H3. The molecule has 0 atom stereocenters. The predicted molar refractivity (Wildman–Crippen MR) is 95.6 cm³/mol. The highest BCUT2D eigenvalue weighted by molar-refractivity contribution is 7.90. The molecule has 2 heterocycles. The maximum absolute atomic E-state index is 12.5. The molecule has 0 aliphatic carbocycles. The predicted octanol–water partition coefficient (Wildman–Crippen LogP) is -0.606. The van der Waals surface area contributed by atoms with E-state index in [-0.39, 0.29) is 11.7 Å². The lowest BCUT2D eigenvalue weighted by atomic mass is 10.1. The first kappa shape index (κ1) is 18.5. The smallest absolute Gasteiger partial charge is 0.227 e. The Labute approximate surface area is 152 Å². The van der Waals surface area contributed by atoms with Crippen LogP contribution in [0.1, 0.15) is 5.56 Å². The number of sulfone groups is 1. The summed E-state index contributed by atoms with van der Waals surface area (Å²) in [5, 5.41) is 11.0. The Morgan fingerprint density at radius 3 is 2.38 bits per heavy atom. The molecule has 26 heavy (non-hydrogen) atoms. The first-order chi connectivity index (χ1) is 12.4. The summed E-state index contributed by atoms with van der Waals surface area (Å²) < 4.78 is 24.0. The number of amides is 1. The molecule has 2 aromatic rings. The fourth-order valence-corrected chi connectivity index (χ4v) is 3.44. The second-order valence-corrected chi connectivity index (χ2v) is 8.71. The average molecular weight is 378 g/mol. The molecule has 1 aromatic carbocycles. The molecule has 1 aliphatic rings. The quantitative estimate of drug-likeness (QED) is 0.661. The minimum absolute atomic E-state index is 0.0861. The van der Waals surface area contributed by atoms with Crippen LogP contribution in [0.2, 0.25) is 0 Å². The van der Waals surface area contributed by atoms with Crippen LogP contribution in [0.25, 0.3) is 5.69 Å². The second-order valence-electron chi connectivity index (χ2n) is 6.45. The van der Waals surface area contributed by atoms with Crippen molar-refractivity contribution in [2.24, 2.45) is 0 Å². The van der Waals surface area contributed by atoms with Crippen LogP contribution < -0.4 is 0 Å². The van der Waals surface area contributed by atoms with E-state index in [1.54, 1.807) is 4.68 Å². The molecule has 0 unspecified atom stereocenters. The van der Waals surface area contributed by atoms with Gasteiger partial charge in [-0.25, -0.2) is 13.1 Å². The molecule has 140 valence electrons. The molecule has 10 heteroatoms. The van der Waals surface area contributed by atoms with Gasteiger partial charge in [0.05, 0.1) is 17.9 Å². The molecule has 1 amide bonds. The van der Waals surface area contributed by atoms with Gasteiger partial charge in [-0.1, -0.05) is 12.1 Å². The fourth-order valence-electron chi connectivity index (χ4n) is 2.85. The van der Waals surface area contributed by atoms with Crippen molar-refractivity contribution in [3.8, 4) is 5.69 Å². The maximum atomic E-state index is 12.5. The zero-order chi connectivity index (χ0) is 18.6. The highest BCUT2D eigenvalue weighted by Crippen LogP contribution is 2.11. The molecule has 0 N–H and O–H groups in total. The van der Waals surface area contributed by atoms with Gasteiger partial charge in [0.1, 0.15) is 16.2 Å². The van der Waals surface area contributed by atoms with Crippen molar-refractivity contribution in [2.45, 2.75) is 6.42 Å². The first-order valence-electron chi connectivity index (χ1n) is 8.41. The molecule has 9 nitrogen and oxygen atoms in total. The molecule has 1 aromatic heterocycles. The van der Waals surface area contributed by atoms with Gasteiger partial charge in [-0.05, 0) is 28.1 Å². The minimum Gasteiger partial charge on any atom is -0.340 e. The molecule has 0 saturated carbocycles. The van der Waals surface area contributed by atoms with E-state index in [2.05, 4.69) is 20.4 Å². The van der Waals surface area contributed by atoms with E-state index in [4.69, 9.17) is 0 Å². The van der Waals surface area contributed by atoms with Crippen LogP contribution in [0.5, 0.6) is 0 Å². The zero-order valence-electron chi connectivity index (χ0n) is 14.7. The summed E-state index contributed by atoms with van der Waals surface area (Å²) >= 11 is 0. The summed E-state index contributed by atoms with van der Waals surface area (Å²) in [5.41, 5.74) is 1.78. The Bertz CT molecular complexity index is 827. The maximum Gasteiger partial charge on any atom is 0.227 e. The summed E-state index contributed by atoms with van der Waals surface area (Å²) in [6.07, 6.45) is 3.11. The molecular weight excluding hydrogens is 356 g/mol. The molecule has 0 radical (unpaired) electrons. The third-order valence-electron chi connectivity index (χ3n) is 4.41. The molecule has 1 fully saturated rings. The van der Waals surface area contributed by atoms with E-state index < -0.39 is 9.84 Å². The van der Waals surface area contributed by atoms with Crippen molar-refractivity contribution < 1.29 is 13.2 Å². The number of hydrogen-bond donors (Lipinski definition) is 0. The van der Waals surface area contributed by atoms with Crippen molar-refractivity contribution >= 4 is 15.7 Å². The van der Waals surface area contributed by atoms with Gasteiger partial charge >= 0.3 is 0 Å². The minimum atomic E-state index is -2.95. The van der Waals surface area contributed by atoms with Crippen molar-refractivity contribution in [2.75, 3.05) is 44.7 Å². The van der Waals surface area contributed by atoms with Crippen molar-refractivity contribution in [1.82, 2.24) is 30.0 Å². The normalized spacial score (nSPS) is 16.0. The second kappa shape index (κ2) is 7.92. The summed E-state index contributed by atoms with van der Waals surface area (Å²) in [5.74, 6) is 0.247. The van der Waals surface area contributed by atoms with Crippen molar-refractivity contribution in [3.05, 3.63) is 36.2 Å². The summed E-state index contributed by atoms with van der Waals surface area (Å²) in [6, 6.07) is 7.55. The van der Waals surface area contributed by atoms with Gasteiger partial charge in [0, 0.05) is 39.0 Å². The van der Waals surface area contributed by atoms with Gasteiger partial charge < -0.3 is 4.90 Å². The highest BCUT2D eigenvalue weighted by Gasteiger charge is 2.21. The number of piperazine rings is 1. The Kier molecular flexibility index (Phi) is 5.62. The number of nitrogens with zero attached hydrogens (tertiary/aromatic N) is 6. The molecule has 0 bridgehead atoms. The molecule has 0 spiro atoms. The van der Waals surface area contributed by atoms with Crippen LogP contribution >= 0.6 is 0 Å². The number of benzene rings is 1. The third-order valence-corrected chi connectivity index (χ3v) is 5.33. The van der Waals surface area contributed by atoms with E-state index >= 15 is 0 Å². The third kappa shape index (κ3) is 5.09. The van der Waals surface area contributed by atoms with Gasteiger partial charge in [-0.2, -0.15) is 0 Å². The fraction of sp³-hybridized carbons (Fsp3) is 0.500. The van der Waals surface area contributed by atoms with Gasteiger partial charge in [-0.15, -0.1) is 5.10 Å². The van der Waals surface area contributed by atoms with Gasteiger partial charge in [0.25, 0.3) is 0 Å². The number of carbonyl (C=O) groups excluding carboxylic acids is 1. The van der Waals surface area contributed by atoms with E-state index in [1.807, 2.05) is 29.2 Å². The SMILES string of the molecule is CS(=O)(=O)CCN1CCN(C(=O)Cc2ccc(-n3cnnn3)cc2)CC1. The highest BCUT2D eigenvalue weighted by atomic mass is 32.2. The summed E-state index contributed by atoms with van der Waals surface area (Å²) in [7, 11) is -2.95. The lowest BCUT2D eigenvalue weighted by Crippen LogP contribution is -2.50. The van der Waals surface area contributed by atoms with E-state index in [1.165, 1.54) is 12.6 Å². The lowest BCUT2D eigenvalue weighted by Gasteiger charge is -2.34. The first-order valence-corrected chi connectivity index (χ1v) is 10.5. The average Bonchev–Trinajstić information content (AvgIpc) is 3.15.